The minimum absolute atomic E-state index is 0.620. The first-order valence-electron chi connectivity index (χ1n) is 6.01. The molecule has 0 spiro atoms. The van der Waals surface area contributed by atoms with Crippen LogP contribution in [0.1, 0.15) is 28.8 Å². The molecule has 0 amide bonds. The summed E-state index contributed by atoms with van der Waals surface area (Å²) in [6.07, 6.45) is 4.18. The number of benzene rings is 1. The average molecular weight is 225 g/mol. The Morgan fingerprint density at radius 3 is 2.59 bits per heavy atom. The van der Waals surface area contributed by atoms with E-state index in [4.69, 9.17) is 5.73 Å². The van der Waals surface area contributed by atoms with Gasteiger partial charge in [0, 0.05) is 12.0 Å². The number of aromatic nitrogens is 2. The molecule has 1 aliphatic carbocycles. The van der Waals surface area contributed by atoms with E-state index in [1.807, 2.05) is 6.07 Å². The summed E-state index contributed by atoms with van der Waals surface area (Å²) in [5, 5.41) is 8.34. The van der Waals surface area contributed by atoms with E-state index in [-0.39, 0.29) is 0 Å². The van der Waals surface area contributed by atoms with Gasteiger partial charge < -0.3 is 5.73 Å². The van der Waals surface area contributed by atoms with E-state index in [0.717, 1.165) is 25.0 Å². The largest absolute Gasteiger partial charge is 0.382 e. The summed E-state index contributed by atoms with van der Waals surface area (Å²) in [6.45, 7) is 0. The van der Waals surface area contributed by atoms with E-state index in [9.17, 15) is 0 Å². The molecule has 1 aromatic carbocycles. The first-order chi connectivity index (χ1) is 8.34. The number of nitrogens with zero attached hydrogens (tertiary/aromatic N) is 2. The van der Waals surface area contributed by atoms with Gasteiger partial charge in [0.1, 0.15) is 5.82 Å². The number of hydrogen-bond acceptors (Lipinski definition) is 3. The molecule has 3 heteroatoms. The molecule has 1 aliphatic rings. The maximum atomic E-state index is 5.86. The van der Waals surface area contributed by atoms with Crippen LogP contribution in [0.25, 0.3) is 0 Å². The molecule has 0 unspecified atom stereocenters. The Bertz CT molecular complexity index is 535. The number of fused-ring (bicyclic) bond motifs is 1. The molecule has 3 nitrogen and oxygen atoms in total. The summed E-state index contributed by atoms with van der Waals surface area (Å²) in [7, 11) is 0. The number of anilines is 1. The molecule has 0 radical (unpaired) electrons. The maximum Gasteiger partial charge on any atom is 0.149 e. The highest BCUT2D eigenvalue weighted by Gasteiger charge is 2.19. The van der Waals surface area contributed by atoms with E-state index in [1.54, 1.807) is 0 Å². The molecule has 2 aromatic rings. The van der Waals surface area contributed by atoms with Gasteiger partial charge in [-0.1, -0.05) is 30.3 Å². The molecule has 1 heterocycles. The summed E-state index contributed by atoms with van der Waals surface area (Å²) < 4.78 is 0. The van der Waals surface area contributed by atoms with Crippen molar-refractivity contribution < 1.29 is 0 Å². The van der Waals surface area contributed by atoms with Crippen LogP contribution in [0.3, 0.4) is 0 Å². The quantitative estimate of drug-likeness (QED) is 0.852. The predicted octanol–water partition coefficient (Wildman–Crippen LogP) is 2.14. The van der Waals surface area contributed by atoms with E-state index in [1.165, 1.54) is 23.1 Å². The van der Waals surface area contributed by atoms with Gasteiger partial charge in [-0.05, 0) is 30.4 Å². The molecule has 0 saturated heterocycles. The topological polar surface area (TPSA) is 51.8 Å². The highest BCUT2D eigenvalue weighted by molar-refractivity contribution is 5.48. The van der Waals surface area contributed by atoms with Crippen LogP contribution < -0.4 is 5.73 Å². The van der Waals surface area contributed by atoms with Crippen LogP contribution in [-0.4, -0.2) is 10.2 Å². The van der Waals surface area contributed by atoms with Gasteiger partial charge in [0.2, 0.25) is 0 Å². The van der Waals surface area contributed by atoms with Crippen molar-refractivity contribution >= 4 is 5.82 Å². The Morgan fingerprint density at radius 1 is 1.00 bits per heavy atom. The van der Waals surface area contributed by atoms with Crippen LogP contribution in [-0.2, 0) is 19.3 Å². The Labute approximate surface area is 101 Å². The van der Waals surface area contributed by atoms with Crippen molar-refractivity contribution in [3.05, 3.63) is 52.7 Å². The van der Waals surface area contributed by atoms with Crippen molar-refractivity contribution in [3.8, 4) is 0 Å². The molecule has 0 aliphatic heterocycles. The van der Waals surface area contributed by atoms with Gasteiger partial charge in [0.05, 0.1) is 5.69 Å². The van der Waals surface area contributed by atoms with E-state index in [2.05, 4.69) is 34.5 Å². The van der Waals surface area contributed by atoms with Crippen LogP contribution in [0, 0.1) is 0 Å². The van der Waals surface area contributed by atoms with Gasteiger partial charge >= 0.3 is 0 Å². The Balaban J connectivity index is 1.97. The molecule has 1 aromatic heterocycles. The molecule has 2 N–H and O–H groups in total. The van der Waals surface area contributed by atoms with Gasteiger partial charge in [0.25, 0.3) is 0 Å². The number of rotatable bonds is 2. The van der Waals surface area contributed by atoms with E-state index in [0.29, 0.717) is 5.82 Å². The van der Waals surface area contributed by atoms with Gasteiger partial charge in [-0.2, -0.15) is 5.10 Å². The molecule has 3 rings (SSSR count). The first kappa shape index (κ1) is 10.3. The first-order valence-corrected chi connectivity index (χ1v) is 6.01. The maximum absolute atomic E-state index is 5.86. The molecule has 0 saturated carbocycles. The molecular formula is C14H15N3. The van der Waals surface area contributed by atoms with Crippen molar-refractivity contribution in [1.82, 2.24) is 10.2 Å². The lowest BCUT2D eigenvalue weighted by Gasteiger charge is -2.08. The van der Waals surface area contributed by atoms with Gasteiger partial charge in [-0.3, -0.25) is 0 Å². The van der Waals surface area contributed by atoms with Crippen molar-refractivity contribution in [2.45, 2.75) is 25.7 Å². The predicted molar refractivity (Wildman–Crippen MR) is 67.7 cm³/mol. The zero-order chi connectivity index (χ0) is 11.7. The van der Waals surface area contributed by atoms with Crippen LogP contribution in [0.15, 0.2) is 30.3 Å². The summed E-state index contributed by atoms with van der Waals surface area (Å²) in [6, 6.07) is 10.4. The molecule has 0 fully saturated rings. The minimum atomic E-state index is 0.620. The summed E-state index contributed by atoms with van der Waals surface area (Å²) in [5.41, 5.74) is 10.8. The Kier molecular flexibility index (Phi) is 2.52. The second-order valence-electron chi connectivity index (χ2n) is 4.50. The van der Waals surface area contributed by atoms with Crippen LogP contribution >= 0.6 is 0 Å². The van der Waals surface area contributed by atoms with E-state index < -0.39 is 0 Å². The third-order valence-corrected chi connectivity index (χ3v) is 3.37. The Morgan fingerprint density at radius 2 is 1.76 bits per heavy atom. The zero-order valence-electron chi connectivity index (χ0n) is 9.69. The Hall–Kier alpha value is -1.90. The van der Waals surface area contributed by atoms with Gasteiger partial charge in [-0.15, -0.1) is 5.10 Å². The number of nitrogens with two attached hydrogens (primary N) is 1. The lowest BCUT2D eigenvalue weighted by molar-refractivity contribution is 0.891. The summed E-state index contributed by atoms with van der Waals surface area (Å²) in [5.74, 6) is 0.620. The standard InChI is InChI=1S/C14H15N3/c15-14-12-8-4-7-11(12)13(16-17-14)9-10-5-2-1-3-6-10/h1-3,5-6H,4,7-9H2,(H2,15,17). The second kappa shape index (κ2) is 4.17. The van der Waals surface area contributed by atoms with Crippen molar-refractivity contribution in [2.75, 3.05) is 5.73 Å². The average Bonchev–Trinajstić information content (AvgIpc) is 2.84. The molecule has 86 valence electrons. The third-order valence-electron chi connectivity index (χ3n) is 3.37. The smallest absolute Gasteiger partial charge is 0.149 e. The zero-order valence-corrected chi connectivity index (χ0v) is 9.69. The highest BCUT2D eigenvalue weighted by atomic mass is 15.1. The lowest BCUT2D eigenvalue weighted by Crippen LogP contribution is -2.06. The number of nitrogen functional groups attached to an aromatic ring is 1. The monoisotopic (exact) mass is 225 g/mol. The van der Waals surface area contributed by atoms with Crippen molar-refractivity contribution in [1.29, 1.82) is 0 Å². The molecule has 17 heavy (non-hydrogen) atoms. The molecule has 0 bridgehead atoms. The summed E-state index contributed by atoms with van der Waals surface area (Å²) >= 11 is 0. The fourth-order valence-corrected chi connectivity index (χ4v) is 2.51. The van der Waals surface area contributed by atoms with Crippen LogP contribution in [0.4, 0.5) is 5.82 Å². The van der Waals surface area contributed by atoms with Crippen molar-refractivity contribution in [2.24, 2.45) is 0 Å². The summed E-state index contributed by atoms with van der Waals surface area (Å²) in [4.78, 5) is 0. The second-order valence-corrected chi connectivity index (χ2v) is 4.50. The number of hydrogen-bond donors (Lipinski definition) is 1. The highest BCUT2D eigenvalue weighted by Crippen LogP contribution is 2.28. The van der Waals surface area contributed by atoms with Gasteiger partial charge in [0.15, 0.2) is 0 Å². The fourth-order valence-electron chi connectivity index (χ4n) is 2.51. The van der Waals surface area contributed by atoms with Crippen LogP contribution in [0.5, 0.6) is 0 Å². The molecular weight excluding hydrogens is 210 g/mol. The third kappa shape index (κ3) is 1.88. The fraction of sp³-hybridized carbons (Fsp3) is 0.286. The van der Waals surface area contributed by atoms with Gasteiger partial charge in [-0.25, -0.2) is 0 Å². The SMILES string of the molecule is Nc1nnc(Cc2ccccc2)c2c1CCC2. The van der Waals surface area contributed by atoms with E-state index >= 15 is 0 Å². The van der Waals surface area contributed by atoms with Crippen LogP contribution in [0.2, 0.25) is 0 Å². The lowest BCUT2D eigenvalue weighted by atomic mass is 10.0. The minimum Gasteiger partial charge on any atom is -0.382 e. The molecule has 0 atom stereocenters. The normalized spacial score (nSPS) is 13.6. The van der Waals surface area contributed by atoms with Crippen molar-refractivity contribution in [3.63, 3.8) is 0 Å².